The number of rotatable bonds is 5. The first-order valence-corrected chi connectivity index (χ1v) is 5.32. The number of hydrogen-bond acceptors (Lipinski definition) is 5. The molecule has 5 nitrogen and oxygen atoms in total. The van der Waals surface area contributed by atoms with Crippen LogP contribution in [0.25, 0.3) is 0 Å². The summed E-state index contributed by atoms with van der Waals surface area (Å²) in [7, 11) is 0. The molecule has 2 heterocycles. The molecular weight excluding hydrogens is 206 g/mol. The van der Waals surface area contributed by atoms with Gasteiger partial charge in [-0.05, 0) is 18.1 Å². The van der Waals surface area contributed by atoms with Gasteiger partial charge in [-0.1, -0.05) is 18.9 Å². The minimum absolute atomic E-state index is 0.437. The summed E-state index contributed by atoms with van der Waals surface area (Å²) in [6.07, 6.45) is 2.43. The Morgan fingerprint density at radius 3 is 2.94 bits per heavy atom. The Kier molecular flexibility index (Phi) is 3.24. The van der Waals surface area contributed by atoms with Gasteiger partial charge in [0.05, 0.1) is 12.8 Å². The first kappa shape index (κ1) is 10.7. The first-order chi connectivity index (χ1) is 7.74. The van der Waals surface area contributed by atoms with Gasteiger partial charge in [-0.2, -0.15) is 0 Å². The van der Waals surface area contributed by atoms with E-state index in [9.17, 15) is 0 Å². The Labute approximate surface area is 93.9 Å². The fraction of sp³-hybridized carbons (Fsp3) is 0.455. The second kappa shape index (κ2) is 4.83. The van der Waals surface area contributed by atoms with Gasteiger partial charge in [0, 0.05) is 6.42 Å². The number of aromatic nitrogens is 2. The van der Waals surface area contributed by atoms with Gasteiger partial charge in [0.15, 0.2) is 0 Å². The third kappa shape index (κ3) is 2.85. The smallest absolute Gasteiger partial charge is 0.315 e. The van der Waals surface area contributed by atoms with Crippen molar-refractivity contribution >= 4 is 6.01 Å². The Bertz CT molecular complexity index is 420. The maximum Gasteiger partial charge on any atom is 0.315 e. The van der Waals surface area contributed by atoms with Crippen LogP contribution in [0.1, 0.15) is 25.5 Å². The fourth-order valence-corrected chi connectivity index (χ4v) is 1.33. The van der Waals surface area contributed by atoms with Crippen LogP contribution in [0, 0.1) is 5.92 Å². The van der Waals surface area contributed by atoms with Crippen molar-refractivity contribution in [1.29, 1.82) is 0 Å². The van der Waals surface area contributed by atoms with Crippen LogP contribution in [0.2, 0.25) is 0 Å². The Morgan fingerprint density at radius 2 is 2.25 bits per heavy atom. The van der Waals surface area contributed by atoms with E-state index in [0.29, 0.717) is 24.4 Å². The van der Waals surface area contributed by atoms with Crippen LogP contribution in [0.3, 0.4) is 0 Å². The maximum atomic E-state index is 5.42. The Morgan fingerprint density at radius 1 is 1.38 bits per heavy atom. The molecule has 2 aromatic heterocycles. The van der Waals surface area contributed by atoms with Crippen LogP contribution < -0.4 is 5.32 Å². The highest BCUT2D eigenvalue weighted by Gasteiger charge is 2.07. The molecule has 5 heteroatoms. The van der Waals surface area contributed by atoms with Gasteiger partial charge in [-0.3, -0.25) is 0 Å². The lowest BCUT2D eigenvalue weighted by atomic mass is 10.1. The van der Waals surface area contributed by atoms with Crippen LogP contribution in [0.5, 0.6) is 0 Å². The molecule has 0 atom stereocenters. The molecule has 0 radical (unpaired) electrons. The van der Waals surface area contributed by atoms with Crippen LogP contribution in [0.4, 0.5) is 6.01 Å². The summed E-state index contributed by atoms with van der Waals surface area (Å²) in [4.78, 5) is 0. The number of nitrogens with zero attached hydrogens (tertiary/aromatic N) is 2. The predicted octanol–water partition coefficient (Wildman–Crippen LogP) is 2.47. The molecule has 86 valence electrons. The number of anilines is 1. The van der Waals surface area contributed by atoms with Crippen molar-refractivity contribution in [2.75, 3.05) is 5.32 Å². The molecule has 16 heavy (non-hydrogen) atoms. The van der Waals surface area contributed by atoms with Crippen molar-refractivity contribution < 1.29 is 8.83 Å². The highest BCUT2D eigenvalue weighted by Crippen LogP contribution is 2.11. The maximum absolute atomic E-state index is 5.42. The number of hydrogen-bond donors (Lipinski definition) is 1. The molecule has 0 spiro atoms. The van der Waals surface area contributed by atoms with Gasteiger partial charge in [-0.15, -0.1) is 5.10 Å². The van der Waals surface area contributed by atoms with Crippen LogP contribution in [-0.2, 0) is 13.0 Å². The molecule has 0 aliphatic rings. The average molecular weight is 221 g/mol. The van der Waals surface area contributed by atoms with E-state index in [1.54, 1.807) is 6.26 Å². The van der Waals surface area contributed by atoms with E-state index < -0.39 is 0 Å². The molecule has 0 bridgehead atoms. The van der Waals surface area contributed by atoms with E-state index in [1.807, 2.05) is 12.1 Å². The summed E-state index contributed by atoms with van der Waals surface area (Å²) < 4.78 is 10.6. The quantitative estimate of drug-likeness (QED) is 0.840. The van der Waals surface area contributed by atoms with Gasteiger partial charge in [0.2, 0.25) is 5.89 Å². The van der Waals surface area contributed by atoms with E-state index in [0.717, 1.165) is 12.2 Å². The largest absolute Gasteiger partial charge is 0.467 e. The normalized spacial score (nSPS) is 10.9. The first-order valence-electron chi connectivity index (χ1n) is 5.32. The fourth-order valence-electron chi connectivity index (χ4n) is 1.33. The lowest BCUT2D eigenvalue weighted by Gasteiger charge is -1.98. The summed E-state index contributed by atoms with van der Waals surface area (Å²) in [6.45, 7) is 4.77. The van der Waals surface area contributed by atoms with Crippen LogP contribution in [-0.4, -0.2) is 10.2 Å². The molecule has 0 saturated heterocycles. The number of nitrogens with one attached hydrogen (secondary N) is 1. The van der Waals surface area contributed by atoms with Crippen molar-refractivity contribution in [2.45, 2.75) is 26.8 Å². The standard InChI is InChI=1S/C11H15N3O2/c1-8(2)6-10-13-14-11(16-10)12-7-9-4-3-5-15-9/h3-5,8H,6-7H2,1-2H3,(H,12,14). The molecule has 0 fully saturated rings. The second-order valence-corrected chi connectivity index (χ2v) is 4.03. The van der Waals surface area contributed by atoms with Gasteiger partial charge >= 0.3 is 6.01 Å². The van der Waals surface area contributed by atoms with Crippen molar-refractivity contribution in [1.82, 2.24) is 10.2 Å². The Hall–Kier alpha value is -1.78. The van der Waals surface area contributed by atoms with E-state index in [4.69, 9.17) is 8.83 Å². The van der Waals surface area contributed by atoms with E-state index in [-0.39, 0.29) is 0 Å². The van der Waals surface area contributed by atoms with E-state index in [2.05, 4.69) is 29.4 Å². The highest BCUT2D eigenvalue weighted by molar-refractivity contribution is 5.18. The van der Waals surface area contributed by atoms with Gasteiger partial charge in [0.25, 0.3) is 0 Å². The minimum Gasteiger partial charge on any atom is -0.467 e. The lowest BCUT2D eigenvalue weighted by Crippen LogP contribution is -1.97. The van der Waals surface area contributed by atoms with Gasteiger partial charge in [-0.25, -0.2) is 0 Å². The molecule has 0 aromatic carbocycles. The zero-order valence-corrected chi connectivity index (χ0v) is 9.43. The Balaban J connectivity index is 1.88. The summed E-state index contributed by atoms with van der Waals surface area (Å²) in [5.74, 6) is 2.01. The number of furan rings is 1. The zero-order chi connectivity index (χ0) is 11.4. The molecule has 2 aromatic rings. The molecular formula is C11H15N3O2. The van der Waals surface area contributed by atoms with Gasteiger partial charge in [0.1, 0.15) is 5.76 Å². The van der Waals surface area contributed by atoms with Crippen molar-refractivity contribution in [2.24, 2.45) is 5.92 Å². The topological polar surface area (TPSA) is 64.1 Å². The van der Waals surface area contributed by atoms with Crippen molar-refractivity contribution in [3.63, 3.8) is 0 Å². The monoisotopic (exact) mass is 221 g/mol. The highest BCUT2D eigenvalue weighted by atomic mass is 16.4. The molecule has 2 rings (SSSR count). The molecule has 1 N–H and O–H groups in total. The molecule has 0 amide bonds. The zero-order valence-electron chi connectivity index (χ0n) is 9.43. The van der Waals surface area contributed by atoms with Crippen LogP contribution in [0.15, 0.2) is 27.2 Å². The summed E-state index contributed by atoms with van der Waals surface area (Å²) in [5.41, 5.74) is 0. The molecule has 0 unspecified atom stereocenters. The summed E-state index contributed by atoms with van der Waals surface area (Å²) >= 11 is 0. The summed E-state index contributed by atoms with van der Waals surface area (Å²) in [6, 6.07) is 4.17. The second-order valence-electron chi connectivity index (χ2n) is 4.03. The van der Waals surface area contributed by atoms with Gasteiger partial charge < -0.3 is 14.2 Å². The molecule has 0 aliphatic heterocycles. The lowest BCUT2D eigenvalue weighted by molar-refractivity contribution is 0.461. The molecule has 0 saturated carbocycles. The summed E-state index contributed by atoms with van der Waals surface area (Å²) in [5, 5.41) is 10.9. The average Bonchev–Trinajstić information content (AvgIpc) is 2.84. The van der Waals surface area contributed by atoms with E-state index in [1.165, 1.54) is 0 Å². The predicted molar refractivity (Wildman–Crippen MR) is 58.9 cm³/mol. The van der Waals surface area contributed by atoms with Crippen molar-refractivity contribution in [3.8, 4) is 0 Å². The third-order valence-electron chi connectivity index (χ3n) is 2.04. The SMILES string of the molecule is CC(C)Cc1nnc(NCc2ccco2)o1. The molecule has 0 aliphatic carbocycles. The van der Waals surface area contributed by atoms with Crippen LogP contribution >= 0.6 is 0 Å². The third-order valence-corrected chi connectivity index (χ3v) is 2.04. The van der Waals surface area contributed by atoms with E-state index >= 15 is 0 Å². The minimum atomic E-state index is 0.437. The van der Waals surface area contributed by atoms with Crippen molar-refractivity contribution in [3.05, 3.63) is 30.0 Å².